The number of hydrogen-bond donors (Lipinski definition) is 2. The number of nitrogens with one attached hydrogen (secondary N) is 1. The lowest BCUT2D eigenvalue weighted by atomic mass is 10.3. The molecule has 0 aliphatic carbocycles. The van der Waals surface area contributed by atoms with E-state index in [1.807, 2.05) is 20.9 Å². The zero-order valence-corrected chi connectivity index (χ0v) is 13.5. The molecule has 0 radical (unpaired) electrons. The molecular formula is C12H16BrN5S. The Morgan fingerprint density at radius 3 is 2.74 bits per heavy atom. The summed E-state index contributed by atoms with van der Waals surface area (Å²) in [6.45, 7) is 4.63. The van der Waals surface area contributed by atoms with Crippen molar-refractivity contribution < 1.29 is 0 Å². The third-order valence-electron chi connectivity index (χ3n) is 2.74. The van der Waals surface area contributed by atoms with Crippen LogP contribution in [0.15, 0.2) is 15.9 Å². The zero-order chi connectivity index (χ0) is 14.0. The predicted octanol–water partition coefficient (Wildman–Crippen LogP) is 2.84. The van der Waals surface area contributed by atoms with Gasteiger partial charge in [0.1, 0.15) is 17.5 Å². The standard InChI is InChI=1S/C12H16BrN5S/c1-7-11(17-14)15-8(2)16-12(7)18(3)5-10-4-9(13)6-19-10/h4,6H,5,14H2,1-3H3,(H,15,16,17). The van der Waals surface area contributed by atoms with Gasteiger partial charge >= 0.3 is 0 Å². The van der Waals surface area contributed by atoms with E-state index in [-0.39, 0.29) is 0 Å². The van der Waals surface area contributed by atoms with Crippen LogP contribution in [0.2, 0.25) is 0 Å². The van der Waals surface area contributed by atoms with Crippen molar-refractivity contribution in [3.8, 4) is 0 Å². The largest absolute Gasteiger partial charge is 0.354 e. The molecule has 3 N–H and O–H groups in total. The first-order valence-electron chi connectivity index (χ1n) is 5.77. The minimum absolute atomic E-state index is 0.668. The van der Waals surface area contributed by atoms with Gasteiger partial charge in [-0.15, -0.1) is 11.3 Å². The smallest absolute Gasteiger partial charge is 0.148 e. The number of anilines is 2. The Morgan fingerprint density at radius 2 is 2.16 bits per heavy atom. The molecule has 19 heavy (non-hydrogen) atoms. The summed E-state index contributed by atoms with van der Waals surface area (Å²) in [5.74, 6) is 7.74. The van der Waals surface area contributed by atoms with Gasteiger partial charge in [-0.25, -0.2) is 15.8 Å². The molecule has 0 fully saturated rings. The van der Waals surface area contributed by atoms with Gasteiger partial charge in [0.25, 0.3) is 0 Å². The molecule has 0 amide bonds. The molecule has 2 heterocycles. The van der Waals surface area contributed by atoms with Gasteiger partial charge in [0.2, 0.25) is 0 Å². The second kappa shape index (κ2) is 5.85. The normalized spacial score (nSPS) is 10.6. The van der Waals surface area contributed by atoms with E-state index in [4.69, 9.17) is 5.84 Å². The van der Waals surface area contributed by atoms with Crippen LogP contribution in [0.5, 0.6) is 0 Å². The van der Waals surface area contributed by atoms with Crippen molar-refractivity contribution in [1.29, 1.82) is 0 Å². The van der Waals surface area contributed by atoms with Crippen molar-refractivity contribution in [2.24, 2.45) is 5.84 Å². The molecule has 0 spiro atoms. The van der Waals surface area contributed by atoms with E-state index in [9.17, 15) is 0 Å². The highest BCUT2D eigenvalue weighted by Gasteiger charge is 2.13. The van der Waals surface area contributed by atoms with Crippen LogP contribution in [0.3, 0.4) is 0 Å². The summed E-state index contributed by atoms with van der Waals surface area (Å²) in [5, 5.41) is 2.08. The maximum Gasteiger partial charge on any atom is 0.148 e. The average molecular weight is 342 g/mol. The number of nitrogen functional groups attached to an aromatic ring is 1. The van der Waals surface area contributed by atoms with Gasteiger partial charge in [-0.3, -0.25) is 0 Å². The highest BCUT2D eigenvalue weighted by atomic mass is 79.9. The van der Waals surface area contributed by atoms with Crippen molar-refractivity contribution in [2.75, 3.05) is 17.4 Å². The molecule has 5 nitrogen and oxygen atoms in total. The minimum atomic E-state index is 0.668. The summed E-state index contributed by atoms with van der Waals surface area (Å²) in [6.07, 6.45) is 0. The van der Waals surface area contributed by atoms with Gasteiger partial charge in [0.15, 0.2) is 0 Å². The Morgan fingerprint density at radius 1 is 1.42 bits per heavy atom. The quantitative estimate of drug-likeness (QED) is 0.661. The fourth-order valence-corrected chi connectivity index (χ4v) is 3.37. The topological polar surface area (TPSA) is 67.1 Å². The summed E-state index contributed by atoms with van der Waals surface area (Å²) >= 11 is 5.19. The Balaban J connectivity index is 2.28. The number of nitrogens with two attached hydrogens (primary N) is 1. The number of rotatable bonds is 4. The van der Waals surface area contributed by atoms with Crippen LogP contribution in [0.1, 0.15) is 16.3 Å². The minimum Gasteiger partial charge on any atom is -0.354 e. The zero-order valence-electron chi connectivity index (χ0n) is 11.1. The van der Waals surface area contributed by atoms with Gasteiger partial charge in [0.05, 0.1) is 6.54 Å². The lowest BCUT2D eigenvalue weighted by molar-refractivity contribution is 0.880. The maximum absolute atomic E-state index is 5.48. The van der Waals surface area contributed by atoms with Crippen molar-refractivity contribution in [1.82, 2.24) is 9.97 Å². The molecule has 7 heteroatoms. The van der Waals surface area contributed by atoms with Crippen LogP contribution in [0.25, 0.3) is 0 Å². The lowest BCUT2D eigenvalue weighted by Crippen LogP contribution is -2.21. The summed E-state index contributed by atoms with van der Waals surface area (Å²) in [6, 6.07) is 2.12. The Hall–Kier alpha value is -1.18. The fraction of sp³-hybridized carbons (Fsp3) is 0.333. The number of aromatic nitrogens is 2. The highest BCUT2D eigenvalue weighted by molar-refractivity contribution is 9.10. The summed E-state index contributed by atoms with van der Waals surface area (Å²) in [5.41, 5.74) is 3.57. The highest BCUT2D eigenvalue weighted by Crippen LogP contribution is 2.26. The van der Waals surface area contributed by atoms with E-state index >= 15 is 0 Å². The van der Waals surface area contributed by atoms with Crippen LogP contribution < -0.4 is 16.2 Å². The molecule has 0 saturated carbocycles. The van der Waals surface area contributed by atoms with Gasteiger partial charge < -0.3 is 10.3 Å². The summed E-state index contributed by atoms with van der Waals surface area (Å²) < 4.78 is 1.11. The van der Waals surface area contributed by atoms with Crippen LogP contribution in [0, 0.1) is 13.8 Å². The van der Waals surface area contributed by atoms with Crippen LogP contribution in [-0.2, 0) is 6.54 Å². The monoisotopic (exact) mass is 341 g/mol. The molecule has 2 aromatic heterocycles. The number of hydrazine groups is 1. The van der Waals surface area contributed by atoms with Gasteiger partial charge in [-0.05, 0) is 35.8 Å². The molecule has 0 aliphatic rings. The second-order valence-electron chi connectivity index (χ2n) is 4.30. The van der Waals surface area contributed by atoms with Crippen molar-refractivity contribution in [3.05, 3.63) is 32.2 Å². The number of nitrogens with zero attached hydrogens (tertiary/aromatic N) is 3. The molecule has 0 unspecified atom stereocenters. The SMILES string of the molecule is Cc1nc(NN)c(C)c(N(C)Cc2cc(Br)cs2)n1. The average Bonchev–Trinajstić information content (AvgIpc) is 2.77. The van der Waals surface area contributed by atoms with Crippen LogP contribution in [-0.4, -0.2) is 17.0 Å². The number of hydrogen-bond acceptors (Lipinski definition) is 6. The molecule has 0 atom stereocenters. The third kappa shape index (κ3) is 3.23. The second-order valence-corrected chi connectivity index (χ2v) is 6.21. The first-order valence-corrected chi connectivity index (χ1v) is 7.44. The predicted molar refractivity (Wildman–Crippen MR) is 83.4 cm³/mol. The van der Waals surface area contributed by atoms with Gasteiger partial charge in [-0.2, -0.15) is 0 Å². The maximum atomic E-state index is 5.48. The van der Waals surface area contributed by atoms with E-state index in [1.54, 1.807) is 11.3 Å². The summed E-state index contributed by atoms with van der Waals surface area (Å²) in [4.78, 5) is 12.1. The first kappa shape index (κ1) is 14.2. The van der Waals surface area contributed by atoms with Crippen molar-refractivity contribution >= 4 is 38.9 Å². The molecule has 0 saturated heterocycles. The molecule has 2 rings (SSSR count). The fourth-order valence-electron chi connectivity index (χ4n) is 1.87. The van der Waals surface area contributed by atoms with E-state index in [0.717, 1.165) is 22.4 Å². The Bertz CT molecular complexity index is 583. The molecule has 0 bridgehead atoms. The molecular weight excluding hydrogens is 326 g/mol. The lowest BCUT2D eigenvalue weighted by Gasteiger charge is -2.21. The van der Waals surface area contributed by atoms with Crippen molar-refractivity contribution in [2.45, 2.75) is 20.4 Å². The Labute approximate surface area is 125 Å². The van der Waals surface area contributed by atoms with E-state index < -0.39 is 0 Å². The Kier molecular flexibility index (Phi) is 4.38. The van der Waals surface area contributed by atoms with Crippen LogP contribution >= 0.6 is 27.3 Å². The number of thiophene rings is 1. The van der Waals surface area contributed by atoms with Gasteiger partial charge in [-0.1, -0.05) is 0 Å². The van der Waals surface area contributed by atoms with E-state index in [2.05, 4.69) is 47.7 Å². The molecule has 0 aliphatic heterocycles. The number of halogens is 1. The van der Waals surface area contributed by atoms with E-state index in [1.165, 1.54) is 4.88 Å². The first-order chi connectivity index (χ1) is 9.01. The molecule has 0 aromatic carbocycles. The third-order valence-corrected chi connectivity index (χ3v) is 4.43. The van der Waals surface area contributed by atoms with E-state index in [0.29, 0.717) is 11.6 Å². The number of aryl methyl sites for hydroxylation is 1. The van der Waals surface area contributed by atoms with Gasteiger partial charge in [0, 0.05) is 27.3 Å². The van der Waals surface area contributed by atoms with Crippen LogP contribution in [0.4, 0.5) is 11.6 Å². The molecule has 102 valence electrons. The van der Waals surface area contributed by atoms with Crippen molar-refractivity contribution in [3.63, 3.8) is 0 Å². The molecule has 2 aromatic rings. The summed E-state index contributed by atoms with van der Waals surface area (Å²) in [7, 11) is 2.02.